The summed E-state index contributed by atoms with van der Waals surface area (Å²) >= 11 is 9.68. The summed E-state index contributed by atoms with van der Waals surface area (Å²) in [5, 5.41) is 13.9. The van der Waals surface area contributed by atoms with Crippen LogP contribution in [0.4, 0.5) is 0 Å². The summed E-state index contributed by atoms with van der Waals surface area (Å²) in [6, 6.07) is 1.58. The summed E-state index contributed by atoms with van der Waals surface area (Å²) in [4.78, 5) is 15.0. The van der Waals surface area contributed by atoms with Crippen LogP contribution in [0.3, 0.4) is 0 Å². The Kier molecular flexibility index (Phi) is 7.38. The molecule has 0 aromatic heterocycles. The molecule has 0 aliphatic carbocycles. The summed E-state index contributed by atoms with van der Waals surface area (Å²) in [5.74, 6) is 0.522. The van der Waals surface area contributed by atoms with Crippen molar-refractivity contribution in [2.45, 2.75) is 25.2 Å². The van der Waals surface area contributed by atoms with Gasteiger partial charge in [-0.25, -0.2) is 0 Å². The van der Waals surface area contributed by atoms with Crippen LogP contribution in [0.15, 0.2) is 10.5 Å². The summed E-state index contributed by atoms with van der Waals surface area (Å²) in [6.07, 6.45) is 0.743. The third-order valence-electron chi connectivity index (χ3n) is 5.59. The Morgan fingerprint density at radius 3 is 2.70 bits per heavy atom. The fourth-order valence-electron chi connectivity index (χ4n) is 3.93. The van der Waals surface area contributed by atoms with Crippen molar-refractivity contribution < 1.29 is 28.8 Å². The zero-order valence-corrected chi connectivity index (χ0v) is 18.9. The zero-order valence-electron chi connectivity index (χ0n) is 16.6. The largest absolute Gasteiger partial charge is 0.489 e. The summed E-state index contributed by atoms with van der Waals surface area (Å²) in [7, 11) is 0. The number of ether oxygens (including phenoxy) is 4. The predicted molar refractivity (Wildman–Crippen MR) is 113 cm³/mol. The van der Waals surface area contributed by atoms with Crippen LogP contribution in [-0.2, 0) is 9.47 Å². The second-order valence-electron chi connectivity index (χ2n) is 7.69. The number of hydrogen-bond acceptors (Lipinski definition) is 7. The van der Waals surface area contributed by atoms with Crippen LogP contribution in [0.1, 0.15) is 23.2 Å². The molecule has 0 radical (unpaired) electrons. The van der Waals surface area contributed by atoms with E-state index in [9.17, 15) is 9.90 Å². The average Bonchev–Trinajstić information content (AvgIpc) is 3.11. The number of carbonyl (C=O) groups excluding carboxylic acids is 1. The maximum atomic E-state index is 12.9. The Balaban J connectivity index is 1.35. The number of amides is 1. The molecule has 3 aliphatic rings. The maximum absolute atomic E-state index is 12.9. The molecule has 166 valence electrons. The fourth-order valence-corrected chi connectivity index (χ4v) is 4.53. The summed E-state index contributed by atoms with van der Waals surface area (Å²) < 4.78 is 23.0. The molecule has 3 heterocycles. The first-order chi connectivity index (χ1) is 14.5. The lowest BCUT2D eigenvalue weighted by Gasteiger charge is -2.36. The van der Waals surface area contributed by atoms with Gasteiger partial charge in [-0.05, 0) is 35.0 Å². The molecule has 2 fully saturated rings. The molecule has 3 aliphatic heterocycles. The number of benzene rings is 1. The molecule has 4 rings (SSSR count). The van der Waals surface area contributed by atoms with Gasteiger partial charge in [0.05, 0.1) is 47.6 Å². The third-order valence-corrected chi connectivity index (χ3v) is 6.90. The lowest BCUT2D eigenvalue weighted by molar-refractivity contribution is -0.0780. The second-order valence-corrected chi connectivity index (χ2v) is 8.89. The molecule has 1 aromatic rings. The number of carbonyl (C=O) groups is 1. The van der Waals surface area contributed by atoms with Crippen LogP contribution >= 0.6 is 27.5 Å². The van der Waals surface area contributed by atoms with Crippen molar-refractivity contribution in [2.75, 3.05) is 52.6 Å². The molecule has 0 unspecified atom stereocenters. The van der Waals surface area contributed by atoms with Crippen LogP contribution in [0.5, 0.6) is 11.5 Å². The molecule has 2 saturated heterocycles. The van der Waals surface area contributed by atoms with Gasteiger partial charge in [0.1, 0.15) is 0 Å². The first kappa shape index (κ1) is 22.1. The fraction of sp³-hybridized carbons (Fsp3) is 0.650. The molecule has 0 bridgehead atoms. The number of halogens is 2. The van der Waals surface area contributed by atoms with Gasteiger partial charge in [-0.1, -0.05) is 11.6 Å². The van der Waals surface area contributed by atoms with Gasteiger partial charge < -0.3 is 29.4 Å². The lowest BCUT2D eigenvalue weighted by Crippen LogP contribution is -2.49. The van der Waals surface area contributed by atoms with Crippen LogP contribution in [0, 0.1) is 5.92 Å². The standard InChI is InChI=1S/C20H26BrClN2O6/c21-17-14(22)8-13(18-19(17)30-5-1-4-29-18)20(26)23-9-12-2-3-24(10-15(12)25)11-16-27-6-7-28-16/h8,12,15-16,25H,1-7,9-11H2,(H,23,26)/t12-,15+/m0/s1. The van der Waals surface area contributed by atoms with Crippen LogP contribution < -0.4 is 14.8 Å². The zero-order chi connectivity index (χ0) is 21.1. The number of rotatable bonds is 5. The average molecular weight is 506 g/mol. The quantitative estimate of drug-likeness (QED) is 0.633. The summed E-state index contributed by atoms with van der Waals surface area (Å²) in [6.45, 7) is 4.56. The molecule has 1 aromatic carbocycles. The van der Waals surface area contributed by atoms with E-state index in [0.717, 1.165) is 19.4 Å². The van der Waals surface area contributed by atoms with E-state index < -0.39 is 6.10 Å². The van der Waals surface area contributed by atoms with E-state index in [1.807, 2.05) is 0 Å². The van der Waals surface area contributed by atoms with Crippen molar-refractivity contribution in [3.8, 4) is 11.5 Å². The van der Waals surface area contributed by atoms with Gasteiger partial charge in [-0.2, -0.15) is 0 Å². The van der Waals surface area contributed by atoms with Crippen molar-refractivity contribution in [1.29, 1.82) is 0 Å². The number of hydrogen-bond donors (Lipinski definition) is 2. The first-order valence-electron chi connectivity index (χ1n) is 10.2. The van der Waals surface area contributed by atoms with Gasteiger partial charge >= 0.3 is 0 Å². The van der Waals surface area contributed by atoms with Crippen LogP contribution in [0.2, 0.25) is 5.02 Å². The van der Waals surface area contributed by atoms with Crippen molar-refractivity contribution in [2.24, 2.45) is 5.92 Å². The van der Waals surface area contributed by atoms with Crippen molar-refractivity contribution >= 4 is 33.4 Å². The van der Waals surface area contributed by atoms with E-state index >= 15 is 0 Å². The van der Waals surface area contributed by atoms with E-state index in [1.54, 1.807) is 6.07 Å². The van der Waals surface area contributed by atoms with Gasteiger partial charge in [-0.15, -0.1) is 0 Å². The number of piperidine rings is 1. The number of fused-ring (bicyclic) bond motifs is 1. The van der Waals surface area contributed by atoms with Gasteiger partial charge in [0.15, 0.2) is 17.8 Å². The minimum atomic E-state index is -0.536. The van der Waals surface area contributed by atoms with Gasteiger partial charge in [0.25, 0.3) is 5.91 Å². The van der Waals surface area contributed by atoms with Crippen molar-refractivity contribution in [3.05, 3.63) is 21.1 Å². The van der Waals surface area contributed by atoms with Crippen LogP contribution in [-0.4, -0.2) is 80.9 Å². The third kappa shape index (κ3) is 5.03. The van der Waals surface area contributed by atoms with E-state index in [0.29, 0.717) is 72.6 Å². The van der Waals surface area contributed by atoms with Crippen molar-refractivity contribution in [3.63, 3.8) is 0 Å². The SMILES string of the molecule is O=C(NC[C@@H]1CCN(CC2OCCO2)C[C@H]1O)c1cc(Cl)c(Br)c2c1OCCCO2. The minimum Gasteiger partial charge on any atom is -0.489 e. The number of nitrogens with zero attached hydrogens (tertiary/aromatic N) is 1. The molecule has 10 heteroatoms. The lowest BCUT2D eigenvalue weighted by atomic mass is 9.93. The van der Waals surface area contributed by atoms with Gasteiger partial charge in [0.2, 0.25) is 0 Å². The highest BCUT2D eigenvalue weighted by atomic mass is 79.9. The highest BCUT2D eigenvalue weighted by molar-refractivity contribution is 9.10. The molecular formula is C20H26BrClN2O6. The number of likely N-dealkylation sites (tertiary alicyclic amines) is 1. The van der Waals surface area contributed by atoms with Crippen molar-refractivity contribution in [1.82, 2.24) is 10.2 Å². The molecular weight excluding hydrogens is 480 g/mol. The minimum absolute atomic E-state index is 0.0303. The Bertz CT molecular complexity index is 776. The highest BCUT2D eigenvalue weighted by Crippen LogP contribution is 2.44. The predicted octanol–water partition coefficient (Wildman–Crippen LogP) is 2.05. The van der Waals surface area contributed by atoms with E-state index in [2.05, 4.69) is 26.1 Å². The smallest absolute Gasteiger partial charge is 0.255 e. The molecule has 2 atom stereocenters. The number of aliphatic hydroxyl groups excluding tert-OH is 1. The highest BCUT2D eigenvalue weighted by Gasteiger charge is 2.31. The molecule has 30 heavy (non-hydrogen) atoms. The van der Waals surface area contributed by atoms with Gasteiger partial charge in [0, 0.05) is 32.0 Å². The Labute approximate surface area is 188 Å². The first-order valence-corrected chi connectivity index (χ1v) is 11.4. The van der Waals surface area contributed by atoms with Gasteiger partial charge in [-0.3, -0.25) is 9.69 Å². The number of nitrogens with one attached hydrogen (secondary N) is 1. The monoisotopic (exact) mass is 504 g/mol. The molecule has 0 spiro atoms. The molecule has 0 saturated carbocycles. The number of aliphatic hydroxyl groups is 1. The Hall–Kier alpha value is -1.10. The molecule has 8 nitrogen and oxygen atoms in total. The topological polar surface area (TPSA) is 89.5 Å². The van der Waals surface area contributed by atoms with E-state index in [1.165, 1.54) is 0 Å². The van der Waals surface area contributed by atoms with E-state index in [4.69, 9.17) is 30.5 Å². The van der Waals surface area contributed by atoms with E-state index in [-0.39, 0.29) is 18.1 Å². The number of β-amino-alcohol motifs (C(OH)–C–C–N with tert-alkyl or cyclic N) is 1. The molecule has 2 N–H and O–H groups in total. The Morgan fingerprint density at radius 2 is 1.97 bits per heavy atom. The normalized spacial score (nSPS) is 25.2. The maximum Gasteiger partial charge on any atom is 0.255 e. The Morgan fingerprint density at radius 1 is 1.23 bits per heavy atom. The second kappa shape index (κ2) is 10.0. The van der Waals surface area contributed by atoms with Crippen LogP contribution in [0.25, 0.3) is 0 Å². The molecule has 1 amide bonds. The summed E-state index contributed by atoms with van der Waals surface area (Å²) in [5.41, 5.74) is 0.336.